The van der Waals surface area contributed by atoms with E-state index in [4.69, 9.17) is 17.0 Å². The average Bonchev–Trinajstić information content (AvgIpc) is 3.10. The minimum atomic E-state index is -4.80. The monoisotopic (exact) mass is 543 g/mol. The second-order valence-corrected chi connectivity index (χ2v) is 8.70. The molecule has 2 amide bonds. The Morgan fingerprint density at radius 2 is 1.61 bits per heavy atom. The third-order valence-corrected chi connectivity index (χ3v) is 6.09. The van der Waals surface area contributed by atoms with Gasteiger partial charge in [0.25, 0.3) is 5.91 Å². The minimum Gasteiger partial charge on any atom is -0.494 e. The summed E-state index contributed by atoms with van der Waals surface area (Å²) >= 11 is 5.63. The Hall–Kier alpha value is -4.12. The van der Waals surface area contributed by atoms with E-state index in [1.807, 2.05) is 6.92 Å². The van der Waals surface area contributed by atoms with Crippen LogP contribution in [0.3, 0.4) is 0 Å². The minimum absolute atomic E-state index is 0.0984. The quantitative estimate of drug-likeness (QED) is 0.359. The molecule has 0 unspecified atom stereocenters. The van der Waals surface area contributed by atoms with Crippen molar-refractivity contribution in [1.29, 1.82) is 0 Å². The first-order valence-electron chi connectivity index (χ1n) is 11.7. The number of nitrogens with zero attached hydrogens (tertiary/aromatic N) is 2. The molecule has 1 fully saturated rings. The second kappa shape index (κ2) is 11.5. The smallest absolute Gasteiger partial charge is 0.494 e. The number of rotatable bonds is 9. The van der Waals surface area contributed by atoms with Gasteiger partial charge in [0.05, 0.1) is 18.7 Å². The number of carbonyl (C=O) groups is 2. The molecular formula is C27H24F3N3O4S. The first-order chi connectivity index (χ1) is 18.1. The van der Waals surface area contributed by atoms with Crippen LogP contribution in [0.15, 0.2) is 78.9 Å². The first kappa shape index (κ1) is 26.9. The molecular weight excluding hydrogens is 519 g/mol. The molecule has 0 aromatic heterocycles. The summed E-state index contributed by atoms with van der Waals surface area (Å²) in [5.74, 6) is -0.471. The van der Waals surface area contributed by atoms with Crippen LogP contribution in [-0.2, 0) is 16.1 Å². The molecule has 7 nitrogen and oxygen atoms in total. The lowest BCUT2D eigenvalue weighted by molar-refractivity contribution is -0.274. The molecule has 0 saturated carbocycles. The Balaban J connectivity index is 1.53. The molecule has 0 aliphatic carbocycles. The van der Waals surface area contributed by atoms with Crippen molar-refractivity contribution in [2.75, 3.05) is 16.8 Å². The van der Waals surface area contributed by atoms with E-state index in [0.29, 0.717) is 29.3 Å². The summed E-state index contributed by atoms with van der Waals surface area (Å²) in [6.45, 7) is 2.48. The highest BCUT2D eigenvalue weighted by Crippen LogP contribution is 2.30. The molecule has 1 aliphatic rings. The fraction of sp³-hybridized carbons (Fsp3) is 0.222. The van der Waals surface area contributed by atoms with Crippen LogP contribution in [0, 0.1) is 0 Å². The number of amides is 2. The number of hydrogen-bond donors (Lipinski definition) is 1. The Labute approximate surface area is 222 Å². The van der Waals surface area contributed by atoms with Crippen LogP contribution in [0.2, 0.25) is 0 Å². The molecule has 1 N–H and O–H groups in total. The third kappa shape index (κ3) is 6.60. The van der Waals surface area contributed by atoms with Gasteiger partial charge in [-0.3, -0.25) is 14.5 Å². The van der Waals surface area contributed by atoms with E-state index in [1.165, 1.54) is 29.2 Å². The lowest BCUT2D eigenvalue weighted by atomic mass is 10.1. The number of para-hydroxylation sites is 1. The van der Waals surface area contributed by atoms with Crippen molar-refractivity contribution >= 4 is 40.5 Å². The number of ether oxygens (including phenoxy) is 2. The second-order valence-electron chi connectivity index (χ2n) is 8.34. The van der Waals surface area contributed by atoms with Gasteiger partial charge in [-0.2, -0.15) is 0 Å². The van der Waals surface area contributed by atoms with Gasteiger partial charge in [-0.05, 0) is 73.2 Å². The van der Waals surface area contributed by atoms with E-state index in [2.05, 4.69) is 10.1 Å². The summed E-state index contributed by atoms with van der Waals surface area (Å²) in [5.41, 5.74) is 1.68. The highest BCUT2D eigenvalue weighted by atomic mass is 32.1. The van der Waals surface area contributed by atoms with Crippen molar-refractivity contribution in [3.63, 3.8) is 0 Å². The molecule has 38 heavy (non-hydrogen) atoms. The summed E-state index contributed by atoms with van der Waals surface area (Å²) in [7, 11) is 0. The maximum absolute atomic E-state index is 13.5. The van der Waals surface area contributed by atoms with E-state index in [-0.39, 0.29) is 29.7 Å². The molecule has 1 atom stereocenters. The predicted molar refractivity (Wildman–Crippen MR) is 140 cm³/mol. The topological polar surface area (TPSA) is 71.1 Å². The number of carbonyl (C=O) groups excluding carboxylic acids is 2. The maximum atomic E-state index is 13.5. The van der Waals surface area contributed by atoms with Crippen molar-refractivity contribution in [2.45, 2.75) is 32.3 Å². The molecule has 4 rings (SSSR count). The molecule has 11 heteroatoms. The van der Waals surface area contributed by atoms with Gasteiger partial charge in [0.2, 0.25) is 5.91 Å². The SMILES string of the molecule is CCOc1ccc(NC(=O)C[C@@H]2C(=O)N(c3ccccc3)C(=S)N2Cc2ccc(OC(F)(F)F)cc2)cc1. The van der Waals surface area contributed by atoms with Gasteiger partial charge < -0.3 is 19.7 Å². The number of nitrogens with one attached hydrogen (secondary N) is 1. The van der Waals surface area contributed by atoms with Crippen molar-refractivity contribution < 1.29 is 32.2 Å². The van der Waals surface area contributed by atoms with Crippen molar-refractivity contribution in [2.24, 2.45) is 0 Å². The summed E-state index contributed by atoms with van der Waals surface area (Å²) in [5, 5.41) is 2.97. The van der Waals surface area contributed by atoms with Crippen LogP contribution in [0.1, 0.15) is 18.9 Å². The van der Waals surface area contributed by atoms with E-state index in [9.17, 15) is 22.8 Å². The van der Waals surface area contributed by atoms with Crippen LogP contribution in [0.25, 0.3) is 0 Å². The molecule has 0 radical (unpaired) electrons. The highest BCUT2D eigenvalue weighted by molar-refractivity contribution is 7.80. The van der Waals surface area contributed by atoms with Gasteiger partial charge in [-0.1, -0.05) is 30.3 Å². The maximum Gasteiger partial charge on any atom is 0.573 e. The Morgan fingerprint density at radius 1 is 0.974 bits per heavy atom. The van der Waals surface area contributed by atoms with E-state index in [1.54, 1.807) is 59.5 Å². The number of halogens is 3. The van der Waals surface area contributed by atoms with Crippen molar-refractivity contribution in [3.05, 3.63) is 84.4 Å². The summed E-state index contributed by atoms with van der Waals surface area (Å²) in [6.07, 6.45) is -4.99. The summed E-state index contributed by atoms with van der Waals surface area (Å²) in [6, 6.07) is 20.0. The van der Waals surface area contributed by atoms with E-state index < -0.39 is 18.3 Å². The largest absolute Gasteiger partial charge is 0.573 e. The molecule has 1 heterocycles. The van der Waals surface area contributed by atoms with E-state index in [0.717, 1.165) is 0 Å². The van der Waals surface area contributed by atoms with Gasteiger partial charge in [-0.15, -0.1) is 13.2 Å². The molecule has 1 saturated heterocycles. The average molecular weight is 544 g/mol. The Morgan fingerprint density at radius 3 is 2.21 bits per heavy atom. The zero-order chi connectivity index (χ0) is 27.3. The number of benzene rings is 3. The van der Waals surface area contributed by atoms with Crippen LogP contribution < -0.4 is 19.7 Å². The zero-order valence-electron chi connectivity index (χ0n) is 20.3. The van der Waals surface area contributed by atoms with Gasteiger partial charge in [-0.25, -0.2) is 0 Å². The number of thiocarbonyl (C=S) groups is 1. The fourth-order valence-corrected chi connectivity index (χ4v) is 4.40. The van der Waals surface area contributed by atoms with Gasteiger partial charge >= 0.3 is 6.36 Å². The van der Waals surface area contributed by atoms with Crippen LogP contribution in [0.5, 0.6) is 11.5 Å². The van der Waals surface area contributed by atoms with Crippen molar-refractivity contribution in [1.82, 2.24) is 4.90 Å². The lowest BCUT2D eigenvalue weighted by Gasteiger charge is -2.24. The molecule has 0 spiro atoms. The summed E-state index contributed by atoms with van der Waals surface area (Å²) < 4.78 is 46.9. The normalized spacial score (nSPS) is 15.5. The van der Waals surface area contributed by atoms with Gasteiger partial charge in [0.1, 0.15) is 17.5 Å². The van der Waals surface area contributed by atoms with Gasteiger partial charge in [0.15, 0.2) is 5.11 Å². The zero-order valence-corrected chi connectivity index (χ0v) is 21.1. The van der Waals surface area contributed by atoms with Crippen LogP contribution in [0.4, 0.5) is 24.5 Å². The lowest BCUT2D eigenvalue weighted by Crippen LogP contribution is -2.37. The molecule has 0 bridgehead atoms. The fourth-order valence-electron chi connectivity index (χ4n) is 4.01. The van der Waals surface area contributed by atoms with Gasteiger partial charge in [0, 0.05) is 12.2 Å². The van der Waals surface area contributed by atoms with E-state index >= 15 is 0 Å². The molecule has 3 aromatic carbocycles. The predicted octanol–water partition coefficient (Wildman–Crippen LogP) is 5.52. The number of hydrogen-bond acceptors (Lipinski definition) is 5. The molecule has 3 aromatic rings. The standard InChI is InChI=1S/C27H24F3N3O4S/c1-2-36-21-14-10-19(11-15-21)31-24(34)16-23-25(35)33(20-6-4-3-5-7-20)26(38)32(23)17-18-8-12-22(13-9-18)37-27(28,29)30/h3-15,23H,2,16-17H2,1H3,(H,31,34)/t23-/m1/s1. The van der Waals surface area contributed by atoms with Crippen LogP contribution in [-0.4, -0.2) is 40.8 Å². The van der Waals surface area contributed by atoms with Crippen molar-refractivity contribution in [3.8, 4) is 11.5 Å². The third-order valence-electron chi connectivity index (χ3n) is 5.67. The Kier molecular flexibility index (Phi) is 8.16. The summed E-state index contributed by atoms with van der Waals surface area (Å²) in [4.78, 5) is 29.4. The number of alkyl halides is 3. The Bertz CT molecular complexity index is 1290. The number of anilines is 2. The molecule has 1 aliphatic heterocycles. The first-order valence-corrected chi connectivity index (χ1v) is 12.1. The highest BCUT2D eigenvalue weighted by Gasteiger charge is 2.44. The molecule has 198 valence electrons. The van der Waals surface area contributed by atoms with Crippen LogP contribution >= 0.6 is 12.2 Å².